The molecule has 0 unspecified atom stereocenters. The van der Waals surface area contributed by atoms with Crippen molar-refractivity contribution in [1.29, 1.82) is 0 Å². The van der Waals surface area contributed by atoms with Gasteiger partial charge in [-0.05, 0) is 0 Å². The fourth-order valence-corrected chi connectivity index (χ4v) is 18.8. The van der Waals surface area contributed by atoms with Crippen molar-refractivity contribution in [2.45, 2.75) is 71.5 Å². The molecule has 26 heavy (non-hydrogen) atoms. The molecule has 7 heteroatoms. The minimum absolute atomic E-state index is 0. The van der Waals surface area contributed by atoms with E-state index in [9.17, 15) is 8.42 Å². The maximum absolute atomic E-state index is 9.19. The Bertz CT molecular complexity index is 546. The average molecular weight is 603 g/mol. The van der Waals surface area contributed by atoms with Crippen LogP contribution in [-0.2, 0) is 10.1 Å². The Morgan fingerprint density at radius 3 is 1.54 bits per heavy atom. The van der Waals surface area contributed by atoms with Crippen LogP contribution in [0.25, 0.3) is 0 Å². The second-order valence-electron chi connectivity index (χ2n) is 7.06. The Kier molecular flexibility index (Phi) is 13.6. The topological polar surface area (TPSA) is 54.4 Å². The summed E-state index contributed by atoms with van der Waals surface area (Å²) in [5, 5.41) is 0. The van der Waals surface area contributed by atoms with E-state index in [1.165, 1.54) is 45.8 Å². The van der Waals surface area contributed by atoms with Crippen molar-refractivity contribution < 1.29 is 17.7 Å². The molecule has 1 aromatic rings. The molecule has 0 amide bonds. The van der Waals surface area contributed by atoms with Crippen LogP contribution in [0, 0.1) is 0 Å². The molecule has 0 bridgehead atoms. The summed E-state index contributed by atoms with van der Waals surface area (Å²) < 4.78 is 30.1. The molecule has 3 nitrogen and oxygen atoms in total. The molecule has 3 rings (SSSR count). The number of rotatable bonds is 3. The molecule has 2 fully saturated rings. The number of halogens is 1. The molecule has 2 aliphatic carbocycles. The summed E-state index contributed by atoms with van der Waals surface area (Å²) >= 11 is -1.51. The standard InChI is InChI=1S/2C6H11.C6H5.CH4O3S.Bi.FH.H2S/c3*1-2-4-6-5-3-1;1-5(2,3)4;;;/h2*1H,2-6H2;1-5H;1H3,(H,2,3,4);;1H;1H2. The van der Waals surface area contributed by atoms with Gasteiger partial charge < -0.3 is 0 Å². The molecule has 1 aromatic carbocycles. The molecule has 0 aromatic heterocycles. The van der Waals surface area contributed by atoms with E-state index in [0.717, 1.165) is 0 Å². The summed E-state index contributed by atoms with van der Waals surface area (Å²) in [6.45, 7) is 0. The minimum atomic E-state index is -3.67. The normalized spacial score (nSPS) is 18.9. The predicted molar refractivity (Wildman–Crippen MR) is 116 cm³/mol. The summed E-state index contributed by atoms with van der Waals surface area (Å²) in [7, 11) is -3.67. The van der Waals surface area contributed by atoms with E-state index in [1.54, 1.807) is 25.7 Å². The van der Waals surface area contributed by atoms with Crippen LogP contribution in [0.3, 0.4) is 0 Å². The zero-order chi connectivity index (χ0) is 17.4. The van der Waals surface area contributed by atoms with E-state index in [-0.39, 0.29) is 18.2 Å². The van der Waals surface area contributed by atoms with Gasteiger partial charge in [-0.3, -0.25) is 9.26 Å². The first-order valence-corrected chi connectivity index (χ1v) is 16.8. The molecule has 0 radical (unpaired) electrons. The fourth-order valence-electron chi connectivity index (χ4n) is 4.04. The van der Waals surface area contributed by atoms with Crippen molar-refractivity contribution in [2.24, 2.45) is 0 Å². The van der Waals surface area contributed by atoms with Gasteiger partial charge in [0.25, 0.3) is 10.1 Å². The van der Waals surface area contributed by atoms with Gasteiger partial charge in [-0.2, -0.15) is 21.9 Å². The van der Waals surface area contributed by atoms with Crippen LogP contribution >= 0.6 is 13.5 Å². The van der Waals surface area contributed by atoms with Crippen LogP contribution in [-0.4, -0.2) is 41.0 Å². The first-order valence-electron chi connectivity index (χ1n) is 9.21. The molecule has 152 valence electrons. The molecule has 1 N–H and O–H groups in total. The predicted octanol–water partition coefficient (Wildman–Crippen LogP) is 4.83. The summed E-state index contributed by atoms with van der Waals surface area (Å²) in [6.07, 6.45) is 16.1. The Balaban J connectivity index is 0.000000798. The van der Waals surface area contributed by atoms with Gasteiger partial charge in [-0.15, -0.1) is 0 Å². The van der Waals surface area contributed by atoms with E-state index in [4.69, 9.17) is 4.55 Å². The number of hydrogen-bond acceptors (Lipinski definition) is 2. The van der Waals surface area contributed by atoms with Gasteiger partial charge in [0, 0.05) is 0 Å². The summed E-state index contributed by atoms with van der Waals surface area (Å²) in [5.74, 6) is 0. The van der Waals surface area contributed by atoms with Crippen molar-refractivity contribution in [2.75, 3.05) is 6.26 Å². The van der Waals surface area contributed by atoms with Gasteiger partial charge in [0.1, 0.15) is 0 Å². The van der Waals surface area contributed by atoms with Crippen molar-refractivity contribution in [3.63, 3.8) is 0 Å². The molecule has 0 saturated heterocycles. The Labute approximate surface area is 173 Å². The molecule has 0 spiro atoms. The molecule has 0 heterocycles. The third-order valence-electron chi connectivity index (χ3n) is 4.99. The van der Waals surface area contributed by atoms with E-state index >= 15 is 0 Å². The van der Waals surface area contributed by atoms with Gasteiger partial charge >= 0.3 is 127 Å². The quantitative estimate of drug-likeness (QED) is 0.399. The molecular formula is C19H34BiFO3S2. The first kappa shape index (κ1) is 26.3. The molecule has 2 aliphatic rings. The monoisotopic (exact) mass is 602 g/mol. The first-order chi connectivity index (χ1) is 11.4. The van der Waals surface area contributed by atoms with Gasteiger partial charge in [-0.1, -0.05) is 0 Å². The maximum atomic E-state index is 9.19. The fraction of sp³-hybridized carbons (Fsp3) is 0.684. The van der Waals surface area contributed by atoms with E-state index < -0.39 is 31.9 Å². The third-order valence-corrected chi connectivity index (χ3v) is 18.6. The van der Waals surface area contributed by atoms with Crippen LogP contribution in [0.5, 0.6) is 0 Å². The summed E-state index contributed by atoms with van der Waals surface area (Å²) in [6, 6.07) is 11.8. The zero-order valence-corrected chi connectivity index (χ0v) is 20.9. The van der Waals surface area contributed by atoms with Crippen molar-refractivity contribution in [3.8, 4) is 0 Å². The zero-order valence-electron chi connectivity index (χ0n) is 15.6. The Morgan fingerprint density at radius 1 is 0.846 bits per heavy atom. The van der Waals surface area contributed by atoms with Crippen molar-refractivity contribution in [3.05, 3.63) is 30.3 Å². The third kappa shape index (κ3) is 10.0. The number of hydrogen-bond donors (Lipinski definition) is 1. The average Bonchev–Trinajstić information content (AvgIpc) is 2.57. The van der Waals surface area contributed by atoms with E-state index in [1.807, 2.05) is 3.27 Å². The van der Waals surface area contributed by atoms with E-state index in [2.05, 4.69) is 30.3 Å². The Morgan fingerprint density at radius 2 is 1.19 bits per heavy atom. The molecule has 0 atom stereocenters. The van der Waals surface area contributed by atoms with Crippen LogP contribution in [0.15, 0.2) is 30.3 Å². The van der Waals surface area contributed by atoms with Gasteiger partial charge in [0.2, 0.25) is 0 Å². The summed E-state index contributed by atoms with van der Waals surface area (Å²) in [4.78, 5) is 0. The van der Waals surface area contributed by atoms with Gasteiger partial charge in [-0.25, -0.2) is 0 Å². The van der Waals surface area contributed by atoms with Crippen LogP contribution in [0.4, 0.5) is 4.70 Å². The van der Waals surface area contributed by atoms with Crippen LogP contribution < -0.4 is 3.27 Å². The second kappa shape index (κ2) is 13.5. The SMILES string of the molecule is CS(=O)(=O)O.F.S.c1cc[c]([Bi]([CH]2CCCCC2)[CH]2CCCCC2)cc1. The summed E-state index contributed by atoms with van der Waals surface area (Å²) in [5.41, 5.74) is 0. The van der Waals surface area contributed by atoms with Crippen LogP contribution in [0.2, 0.25) is 7.25 Å². The molecule has 0 aliphatic heterocycles. The van der Waals surface area contributed by atoms with E-state index in [0.29, 0.717) is 6.26 Å². The number of benzene rings is 1. The Hall–Kier alpha value is 0.293. The van der Waals surface area contributed by atoms with Crippen LogP contribution in [0.1, 0.15) is 64.2 Å². The van der Waals surface area contributed by atoms with Crippen molar-refractivity contribution in [1.82, 2.24) is 0 Å². The van der Waals surface area contributed by atoms with Gasteiger partial charge in [0.05, 0.1) is 6.26 Å². The molecule has 2 saturated carbocycles. The second-order valence-corrected chi connectivity index (χ2v) is 19.4. The molecular weight excluding hydrogens is 568 g/mol. The van der Waals surface area contributed by atoms with Gasteiger partial charge in [0.15, 0.2) is 0 Å². The van der Waals surface area contributed by atoms with Crippen molar-refractivity contribution >= 4 is 48.6 Å².